The second kappa shape index (κ2) is 5.55. The van der Waals surface area contributed by atoms with E-state index in [1.165, 1.54) is 6.07 Å². The van der Waals surface area contributed by atoms with E-state index in [9.17, 15) is 23.4 Å². The van der Waals surface area contributed by atoms with Crippen molar-refractivity contribution in [2.75, 3.05) is 12.3 Å². The largest absolute Gasteiger partial charge is 0.416 e. The van der Waals surface area contributed by atoms with Crippen LogP contribution in [0, 0.1) is 0 Å². The third kappa shape index (κ3) is 3.12. The first-order valence-electron chi connectivity index (χ1n) is 5.30. The Bertz CT molecular complexity index is 410. The average Bonchev–Trinajstić information content (AvgIpc) is 2.27. The van der Waals surface area contributed by atoms with Crippen LogP contribution in [0.25, 0.3) is 0 Å². The number of anilines is 1. The van der Waals surface area contributed by atoms with Crippen molar-refractivity contribution in [2.45, 2.75) is 24.8 Å². The van der Waals surface area contributed by atoms with Gasteiger partial charge in [0.1, 0.15) is 6.10 Å². The molecule has 0 radical (unpaired) electrons. The molecule has 1 aromatic carbocycles. The Morgan fingerprint density at radius 1 is 1.22 bits per heavy atom. The van der Waals surface area contributed by atoms with Crippen molar-refractivity contribution in [3.05, 3.63) is 29.3 Å². The zero-order chi connectivity index (χ0) is 13.9. The fourth-order valence-corrected chi connectivity index (χ4v) is 1.68. The molecule has 6 N–H and O–H groups in total. The Labute approximate surface area is 102 Å². The van der Waals surface area contributed by atoms with Gasteiger partial charge in [0.05, 0.1) is 11.7 Å². The van der Waals surface area contributed by atoms with E-state index in [1.807, 2.05) is 0 Å². The topological polar surface area (TPSA) is 92.5 Å². The van der Waals surface area contributed by atoms with Crippen molar-refractivity contribution in [2.24, 2.45) is 5.73 Å². The molecule has 4 nitrogen and oxygen atoms in total. The molecule has 1 rings (SSSR count). The molecule has 0 bridgehead atoms. The molecule has 2 atom stereocenters. The Morgan fingerprint density at radius 2 is 1.83 bits per heavy atom. The molecule has 18 heavy (non-hydrogen) atoms. The maximum absolute atomic E-state index is 12.8. The van der Waals surface area contributed by atoms with Gasteiger partial charge >= 0.3 is 6.18 Å². The molecule has 7 heteroatoms. The van der Waals surface area contributed by atoms with Gasteiger partial charge in [-0.3, -0.25) is 0 Å². The number of nitrogen functional groups attached to an aromatic ring is 1. The molecule has 0 aliphatic rings. The number of benzene rings is 1. The lowest BCUT2D eigenvalue weighted by atomic mass is 9.95. The SMILES string of the molecule is NCCC(O)C(O)c1c(N)cccc1C(F)(F)F. The van der Waals surface area contributed by atoms with Gasteiger partial charge in [-0.05, 0) is 25.1 Å². The summed E-state index contributed by atoms with van der Waals surface area (Å²) in [4.78, 5) is 0. The van der Waals surface area contributed by atoms with Crippen LogP contribution in [0.1, 0.15) is 23.7 Å². The molecular formula is C11H15F3N2O2. The van der Waals surface area contributed by atoms with E-state index in [4.69, 9.17) is 11.5 Å². The van der Waals surface area contributed by atoms with E-state index < -0.39 is 29.5 Å². The number of nitrogens with two attached hydrogens (primary N) is 2. The Kier molecular flexibility index (Phi) is 4.55. The summed E-state index contributed by atoms with van der Waals surface area (Å²) in [7, 11) is 0. The van der Waals surface area contributed by atoms with Crippen LogP contribution in [0.2, 0.25) is 0 Å². The van der Waals surface area contributed by atoms with Gasteiger partial charge in [-0.15, -0.1) is 0 Å². The Hall–Kier alpha value is -1.31. The van der Waals surface area contributed by atoms with Gasteiger partial charge in [0.15, 0.2) is 0 Å². The Morgan fingerprint density at radius 3 is 2.33 bits per heavy atom. The first-order valence-corrected chi connectivity index (χ1v) is 5.30. The van der Waals surface area contributed by atoms with Crippen molar-refractivity contribution in [3.63, 3.8) is 0 Å². The number of aliphatic hydroxyl groups excluding tert-OH is 2. The average molecular weight is 264 g/mol. The van der Waals surface area contributed by atoms with E-state index in [-0.39, 0.29) is 18.7 Å². The van der Waals surface area contributed by atoms with E-state index in [0.717, 1.165) is 12.1 Å². The van der Waals surface area contributed by atoms with Gasteiger partial charge in [0.25, 0.3) is 0 Å². The molecule has 0 heterocycles. The number of halogens is 3. The molecule has 0 spiro atoms. The minimum absolute atomic E-state index is 0.0210. The van der Waals surface area contributed by atoms with Crippen molar-refractivity contribution in [1.29, 1.82) is 0 Å². The molecule has 1 aromatic rings. The van der Waals surface area contributed by atoms with Crippen LogP contribution in [0.15, 0.2) is 18.2 Å². The highest BCUT2D eigenvalue weighted by atomic mass is 19.4. The molecule has 0 saturated heterocycles. The zero-order valence-electron chi connectivity index (χ0n) is 9.48. The number of rotatable bonds is 4. The second-order valence-corrected chi connectivity index (χ2v) is 3.90. The smallest absolute Gasteiger partial charge is 0.398 e. The van der Waals surface area contributed by atoms with Gasteiger partial charge in [-0.25, -0.2) is 0 Å². The number of aliphatic hydroxyl groups is 2. The van der Waals surface area contributed by atoms with E-state index in [1.54, 1.807) is 0 Å². The van der Waals surface area contributed by atoms with Gasteiger partial charge in [-0.1, -0.05) is 6.07 Å². The van der Waals surface area contributed by atoms with Crippen LogP contribution in [-0.4, -0.2) is 22.9 Å². The lowest BCUT2D eigenvalue weighted by molar-refractivity contribution is -0.139. The third-order valence-corrected chi connectivity index (χ3v) is 2.57. The third-order valence-electron chi connectivity index (χ3n) is 2.57. The number of hydrogen-bond donors (Lipinski definition) is 4. The molecule has 0 aliphatic heterocycles. The summed E-state index contributed by atoms with van der Waals surface area (Å²) in [6, 6.07) is 3.19. The van der Waals surface area contributed by atoms with E-state index in [2.05, 4.69) is 0 Å². The molecule has 0 amide bonds. The summed E-state index contributed by atoms with van der Waals surface area (Å²) < 4.78 is 38.3. The number of hydrogen-bond acceptors (Lipinski definition) is 4. The van der Waals surface area contributed by atoms with Gasteiger partial charge in [-0.2, -0.15) is 13.2 Å². The van der Waals surface area contributed by atoms with Gasteiger partial charge in [0, 0.05) is 11.3 Å². The fourth-order valence-electron chi connectivity index (χ4n) is 1.68. The summed E-state index contributed by atoms with van der Waals surface area (Å²) in [5, 5.41) is 19.3. The highest BCUT2D eigenvalue weighted by molar-refractivity contribution is 5.53. The second-order valence-electron chi connectivity index (χ2n) is 3.90. The van der Waals surface area contributed by atoms with Crippen molar-refractivity contribution >= 4 is 5.69 Å². The van der Waals surface area contributed by atoms with Crippen LogP contribution < -0.4 is 11.5 Å². The minimum atomic E-state index is -4.64. The fraction of sp³-hybridized carbons (Fsp3) is 0.455. The zero-order valence-corrected chi connectivity index (χ0v) is 9.48. The molecule has 0 aromatic heterocycles. The quantitative estimate of drug-likeness (QED) is 0.611. The van der Waals surface area contributed by atoms with Crippen LogP contribution >= 0.6 is 0 Å². The van der Waals surface area contributed by atoms with Crippen molar-refractivity contribution in [1.82, 2.24) is 0 Å². The molecule has 0 aliphatic carbocycles. The van der Waals surface area contributed by atoms with Gasteiger partial charge in [0.2, 0.25) is 0 Å². The Balaban J connectivity index is 3.22. The van der Waals surface area contributed by atoms with Crippen molar-refractivity contribution in [3.8, 4) is 0 Å². The van der Waals surface area contributed by atoms with Gasteiger partial charge < -0.3 is 21.7 Å². The maximum Gasteiger partial charge on any atom is 0.416 e. The molecule has 102 valence electrons. The summed E-state index contributed by atoms with van der Waals surface area (Å²) in [6.07, 6.45) is -7.77. The monoisotopic (exact) mass is 264 g/mol. The summed E-state index contributed by atoms with van der Waals surface area (Å²) in [5.74, 6) is 0. The highest BCUT2D eigenvalue weighted by Crippen LogP contribution is 2.38. The van der Waals surface area contributed by atoms with E-state index in [0.29, 0.717) is 0 Å². The predicted molar refractivity (Wildman–Crippen MR) is 60.5 cm³/mol. The van der Waals surface area contributed by atoms with Crippen LogP contribution in [0.3, 0.4) is 0 Å². The molecule has 0 fully saturated rings. The summed E-state index contributed by atoms with van der Waals surface area (Å²) in [5.41, 5.74) is 8.86. The van der Waals surface area contributed by atoms with Crippen LogP contribution in [0.4, 0.5) is 18.9 Å². The summed E-state index contributed by atoms with van der Waals surface area (Å²) >= 11 is 0. The lowest BCUT2D eigenvalue weighted by Crippen LogP contribution is -2.25. The minimum Gasteiger partial charge on any atom is -0.398 e. The van der Waals surface area contributed by atoms with E-state index >= 15 is 0 Å². The van der Waals surface area contributed by atoms with Crippen LogP contribution in [-0.2, 0) is 6.18 Å². The predicted octanol–water partition coefficient (Wildman–Crippen LogP) is 1.03. The first-order chi connectivity index (χ1) is 8.29. The summed E-state index contributed by atoms with van der Waals surface area (Å²) in [6.45, 7) is 0.0479. The molecule has 0 saturated carbocycles. The van der Waals surface area contributed by atoms with Crippen molar-refractivity contribution < 1.29 is 23.4 Å². The molecule has 2 unspecified atom stereocenters. The maximum atomic E-state index is 12.8. The number of alkyl halides is 3. The first kappa shape index (κ1) is 14.7. The van der Waals surface area contributed by atoms with Crippen LogP contribution in [0.5, 0.6) is 0 Å². The normalized spacial score (nSPS) is 15.4. The lowest BCUT2D eigenvalue weighted by Gasteiger charge is -2.23. The highest BCUT2D eigenvalue weighted by Gasteiger charge is 2.37. The standard InChI is InChI=1S/C11H15F3N2O2/c12-11(13,14)6-2-1-3-7(16)9(6)10(18)8(17)4-5-15/h1-3,8,10,17-18H,4-5,15-16H2. The molecular weight excluding hydrogens is 249 g/mol.